The molecule has 2 heterocycles. The van der Waals surface area contributed by atoms with E-state index in [4.69, 9.17) is 0 Å². The summed E-state index contributed by atoms with van der Waals surface area (Å²) in [6.07, 6.45) is 6.07. The highest BCUT2D eigenvalue weighted by Crippen LogP contribution is 2.28. The van der Waals surface area contributed by atoms with Crippen LogP contribution in [0.1, 0.15) is 44.2 Å². The molecule has 33 heavy (non-hydrogen) atoms. The summed E-state index contributed by atoms with van der Waals surface area (Å²) in [6, 6.07) is 10.1. The third-order valence-corrected chi connectivity index (χ3v) is 6.64. The molecule has 2 aromatic rings. The van der Waals surface area contributed by atoms with Crippen LogP contribution in [0.4, 0.5) is 0 Å². The molecule has 1 atom stereocenters. The van der Waals surface area contributed by atoms with Crippen LogP contribution in [0.25, 0.3) is 0 Å². The molecule has 2 amide bonds. The molecule has 0 saturated carbocycles. The molecule has 1 aromatic heterocycles. The van der Waals surface area contributed by atoms with Crippen molar-refractivity contribution in [2.24, 2.45) is 11.8 Å². The molecule has 1 fully saturated rings. The van der Waals surface area contributed by atoms with Crippen LogP contribution >= 0.6 is 0 Å². The number of benzene rings is 1. The first kappa shape index (κ1) is 24.7. The molecule has 0 unspecified atom stereocenters. The molecule has 1 aromatic carbocycles. The Morgan fingerprint density at radius 3 is 2.42 bits per heavy atom. The van der Waals surface area contributed by atoms with Gasteiger partial charge in [-0.15, -0.1) is 0 Å². The Hall–Kier alpha value is -2.96. The number of aromatic nitrogens is 2. The molecular formula is C26H36N4O3. The number of ketones is 1. The van der Waals surface area contributed by atoms with E-state index in [0.717, 1.165) is 19.3 Å². The third-order valence-electron chi connectivity index (χ3n) is 6.64. The number of rotatable bonds is 9. The van der Waals surface area contributed by atoms with Crippen LogP contribution in [0.15, 0.2) is 42.7 Å². The molecule has 7 nitrogen and oxygen atoms in total. The van der Waals surface area contributed by atoms with Crippen molar-refractivity contribution in [1.82, 2.24) is 19.6 Å². The molecule has 0 radical (unpaired) electrons. The number of Topliss-reactive ketones (excluding diaryl/α,β-unsaturated/α-hetero) is 1. The lowest BCUT2D eigenvalue weighted by Gasteiger charge is -2.40. The van der Waals surface area contributed by atoms with Gasteiger partial charge in [-0.05, 0) is 55.2 Å². The average molecular weight is 453 g/mol. The second-order valence-corrected chi connectivity index (χ2v) is 9.56. The fraction of sp³-hybridized carbons (Fsp3) is 0.538. The second kappa shape index (κ2) is 11.3. The van der Waals surface area contributed by atoms with Crippen molar-refractivity contribution >= 4 is 17.6 Å². The van der Waals surface area contributed by atoms with Crippen LogP contribution in [0, 0.1) is 18.8 Å². The summed E-state index contributed by atoms with van der Waals surface area (Å²) in [5, 5.41) is 4.17. The zero-order valence-corrected chi connectivity index (χ0v) is 20.2. The summed E-state index contributed by atoms with van der Waals surface area (Å²) in [5.74, 6) is -0.220. The van der Waals surface area contributed by atoms with Crippen molar-refractivity contribution in [2.45, 2.75) is 59.0 Å². The van der Waals surface area contributed by atoms with E-state index in [0.29, 0.717) is 19.5 Å². The third kappa shape index (κ3) is 6.53. The number of likely N-dealkylation sites (tertiary alicyclic amines) is 1. The van der Waals surface area contributed by atoms with Gasteiger partial charge >= 0.3 is 0 Å². The maximum atomic E-state index is 13.1. The molecule has 1 saturated heterocycles. The first-order valence-electron chi connectivity index (χ1n) is 11.9. The minimum atomic E-state index is -0.360. The lowest BCUT2D eigenvalue weighted by molar-refractivity contribution is -0.146. The zero-order valence-electron chi connectivity index (χ0n) is 20.2. The van der Waals surface area contributed by atoms with Gasteiger partial charge in [-0.2, -0.15) is 5.10 Å². The normalized spacial score (nSPS) is 15.5. The van der Waals surface area contributed by atoms with E-state index in [1.54, 1.807) is 22.0 Å². The van der Waals surface area contributed by atoms with Gasteiger partial charge < -0.3 is 9.80 Å². The molecule has 178 valence electrons. The van der Waals surface area contributed by atoms with Gasteiger partial charge in [0.2, 0.25) is 11.7 Å². The summed E-state index contributed by atoms with van der Waals surface area (Å²) in [6.45, 7) is 7.30. The molecular weight excluding hydrogens is 416 g/mol. The van der Waals surface area contributed by atoms with Gasteiger partial charge in [-0.3, -0.25) is 19.1 Å². The minimum absolute atomic E-state index is 0.0118. The van der Waals surface area contributed by atoms with Crippen molar-refractivity contribution in [3.8, 4) is 0 Å². The molecule has 0 aliphatic carbocycles. The highest BCUT2D eigenvalue weighted by Gasteiger charge is 2.34. The fourth-order valence-corrected chi connectivity index (χ4v) is 4.64. The number of amides is 2. The first-order valence-corrected chi connectivity index (χ1v) is 11.9. The van der Waals surface area contributed by atoms with Crippen molar-refractivity contribution in [3.05, 3.63) is 53.9 Å². The van der Waals surface area contributed by atoms with Gasteiger partial charge in [-0.25, -0.2) is 0 Å². The molecule has 0 bridgehead atoms. The summed E-state index contributed by atoms with van der Waals surface area (Å²) in [4.78, 5) is 41.5. The van der Waals surface area contributed by atoms with E-state index in [2.05, 4.69) is 24.2 Å². The number of carbonyl (C=O) groups is 3. The van der Waals surface area contributed by atoms with E-state index < -0.39 is 0 Å². The lowest BCUT2D eigenvalue weighted by Crippen LogP contribution is -2.50. The SMILES string of the molecule is Cc1ccccc1C[C@@H](C1CCN(C(=O)C(=O)CC(C)C)CC1)N(C)C(=O)Cn1cccn1. The van der Waals surface area contributed by atoms with Crippen LogP contribution in [0.5, 0.6) is 0 Å². The van der Waals surface area contributed by atoms with E-state index >= 15 is 0 Å². The maximum absolute atomic E-state index is 13.1. The fourth-order valence-electron chi connectivity index (χ4n) is 4.64. The Balaban J connectivity index is 1.71. The number of aryl methyl sites for hydroxylation is 1. The Morgan fingerprint density at radius 1 is 1.12 bits per heavy atom. The minimum Gasteiger partial charge on any atom is -0.341 e. The summed E-state index contributed by atoms with van der Waals surface area (Å²) < 4.78 is 1.64. The molecule has 1 aliphatic heterocycles. The van der Waals surface area contributed by atoms with Crippen LogP contribution in [0.2, 0.25) is 0 Å². The maximum Gasteiger partial charge on any atom is 0.289 e. The second-order valence-electron chi connectivity index (χ2n) is 9.56. The highest BCUT2D eigenvalue weighted by molar-refractivity contribution is 6.36. The van der Waals surface area contributed by atoms with E-state index in [1.165, 1.54) is 11.1 Å². The van der Waals surface area contributed by atoms with E-state index in [-0.39, 0.29) is 42.0 Å². The quantitative estimate of drug-likeness (QED) is 0.548. The Morgan fingerprint density at radius 2 is 1.82 bits per heavy atom. The number of nitrogens with zero attached hydrogens (tertiary/aromatic N) is 4. The van der Waals surface area contributed by atoms with Crippen LogP contribution in [-0.2, 0) is 27.3 Å². The first-order chi connectivity index (χ1) is 15.8. The molecule has 1 aliphatic rings. The predicted octanol–water partition coefficient (Wildman–Crippen LogP) is 3.12. The summed E-state index contributed by atoms with van der Waals surface area (Å²) in [7, 11) is 1.87. The Bertz CT molecular complexity index is 946. The molecule has 3 rings (SSSR count). The Labute approximate surface area is 196 Å². The van der Waals surface area contributed by atoms with Crippen molar-refractivity contribution in [3.63, 3.8) is 0 Å². The van der Waals surface area contributed by atoms with Crippen molar-refractivity contribution in [1.29, 1.82) is 0 Å². The lowest BCUT2D eigenvalue weighted by atomic mass is 9.84. The summed E-state index contributed by atoms with van der Waals surface area (Å²) in [5.41, 5.74) is 2.44. The number of piperidine rings is 1. The molecule has 7 heteroatoms. The Kier molecular flexibility index (Phi) is 8.42. The van der Waals surface area contributed by atoms with Gasteiger partial charge in [0.25, 0.3) is 5.91 Å². The molecule has 0 spiro atoms. The average Bonchev–Trinajstić information content (AvgIpc) is 3.30. The van der Waals surface area contributed by atoms with E-state index in [9.17, 15) is 14.4 Å². The highest BCUT2D eigenvalue weighted by atomic mass is 16.2. The zero-order chi connectivity index (χ0) is 24.0. The standard InChI is InChI=1S/C26H36N4O3/c1-19(2)16-24(31)26(33)29-14-10-21(11-15-29)23(17-22-9-6-5-8-20(22)3)28(4)25(32)18-30-13-7-12-27-30/h5-9,12-13,19,21,23H,10-11,14-18H2,1-4H3/t23-/m0/s1. The predicted molar refractivity (Wildman–Crippen MR) is 127 cm³/mol. The smallest absolute Gasteiger partial charge is 0.289 e. The monoisotopic (exact) mass is 452 g/mol. The van der Waals surface area contributed by atoms with Gasteiger partial charge in [-0.1, -0.05) is 38.1 Å². The van der Waals surface area contributed by atoms with E-state index in [1.807, 2.05) is 44.0 Å². The number of hydrogen-bond acceptors (Lipinski definition) is 4. The van der Waals surface area contributed by atoms with Gasteiger partial charge in [0.1, 0.15) is 6.54 Å². The van der Waals surface area contributed by atoms with Crippen LogP contribution < -0.4 is 0 Å². The van der Waals surface area contributed by atoms with Gasteiger partial charge in [0.15, 0.2) is 0 Å². The van der Waals surface area contributed by atoms with Crippen molar-refractivity contribution < 1.29 is 14.4 Å². The summed E-state index contributed by atoms with van der Waals surface area (Å²) >= 11 is 0. The van der Waals surface area contributed by atoms with Crippen LogP contribution in [0.3, 0.4) is 0 Å². The largest absolute Gasteiger partial charge is 0.341 e. The molecule has 0 N–H and O–H groups in total. The van der Waals surface area contributed by atoms with Crippen molar-refractivity contribution in [2.75, 3.05) is 20.1 Å². The van der Waals surface area contributed by atoms with Crippen LogP contribution in [-0.4, -0.2) is 63.4 Å². The van der Waals surface area contributed by atoms with Gasteiger partial charge in [0.05, 0.1) is 0 Å². The number of hydrogen-bond donors (Lipinski definition) is 0. The van der Waals surface area contributed by atoms with Gasteiger partial charge in [0, 0.05) is 45.0 Å². The number of likely N-dealkylation sites (N-methyl/N-ethyl adjacent to an activating group) is 1. The topological polar surface area (TPSA) is 75.5 Å². The number of carbonyl (C=O) groups excluding carboxylic acids is 3.